The molecule has 2 rings (SSSR count). The van der Waals surface area contributed by atoms with Gasteiger partial charge in [0.2, 0.25) is 10.0 Å². The Morgan fingerprint density at radius 3 is 2.60 bits per heavy atom. The molecule has 106 valence electrons. The van der Waals surface area contributed by atoms with Gasteiger partial charge in [-0.15, -0.1) is 0 Å². The first kappa shape index (κ1) is 14.5. The molecular formula is C14H17N3O2S. The maximum Gasteiger partial charge on any atom is 0.241 e. The molecule has 20 heavy (non-hydrogen) atoms. The van der Waals surface area contributed by atoms with Gasteiger partial charge in [0.1, 0.15) is 0 Å². The summed E-state index contributed by atoms with van der Waals surface area (Å²) in [5.74, 6) is -0.370. The molecule has 0 heterocycles. The first-order valence-corrected chi connectivity index (χ1v) is 7.71. The van der Waals surface area contributed by atoms with E-state index in [-0.39, 0.29) is 23.2 Å². The summed E-state index contributed by atoms with van der Waals surface area (Å²) in [6.07, 6.45) is 0. The van der Waals surface area contributed by atoms with Crippen LogP contribution in [0.5, 0.6) is 0 Å². The summed E-state index contributed by atoms with van der Waals surface area (Å²) in [5, 5.41) is 8.84. The molecule has 4 N–H and O–H groups in total. The Labute approximate surface area is 118 Å². The van der Waals surface area contributed by atoms with Crippen molar-refractivity contribution in [2.75, 3.05) is 6.54 Å². The van der Waals surface area contributed by atoms with Gasteiger partial charge < -0.3 is 5.73 Å². The van der Waals surface area contributed by atoms with Crippen LogP contribution in [0, 0.1) is 11.3 Å². The van der Waals surface area contributed by atoms with Crippen LogP contribution in [0.3, 0.4) is 0 Å². The summed E-state index contributed by atoms with van der Waals surface area (Å²) in [6.45, 7) is 1.81. The fourth-order valence-electron chi connectivity index (χ4n) is 1.85. The largest absolute Gasteiger partial charge is 0.387 e. The van der Waals surface area contributed by atoms with Crippen molar-refractivity contribution in [3.63, 3.8) is 0 Å². The Morgan fingerprint density at radius 1 is 1.25 bits per heavy atom. The van der Waals surface area contributed by atoms with Crippen molar-refractivity contribution in [3.05, 3.63) is 42.5 Å². The van der Waals surface area contributed by atoms with Crippen LogP contribution in [0.4, 0.5) is 0 Å². The second-order valence-corrected chi connectivity index (χ2v) is 6.42. The standard InChI is InChI=1S/C14H17N3O2S/c1-10(14(15)16)9-17-20(18,19)13-8-4-6-11-5-2-3-7-12(11)13/h2-8,10,17H,9H2,1H3,(H3,15,16). The fraction of sp³-hybridized carbons (Fsp3) is 0.214. The maximum absolute atomic E-state index is 12.4. The summed E-state index contributed by atoms with van der Waals surface area (Å²) >= 11 is 0. The van der Waals surface area contributed by atoms with Crippen LogP contribution in [0.2, 0.25) is 0 Å². The summed E-state index contributed by atoms with van der Waals surface area (Å²) in [7, 11) is -3.62. The van der Waals surface area contributed by atoms with Crippen LogP contribution in [-0.4, -0.2) is 20.8 Å². The molecule has 0 fully saturated rings. The summed E-state index contributed by atoms with van der Waals surface area (Å²) in [5.41, 5.74) is 5.34. The van der Waals surface area contributed by atoms with Gasteiger partial charge in [0.05, 0.1) is 10.7 Å². The van der Waals surface area contributed by atoms with Gasteiger partial charge in [-0.3, -0.25) is 5.41 Å². The highest BCUT2D eigenvalue weighted by molar-refractivity contribution is 7.89. The average molecular weight is 291 g/mol. The van der Waals surface area contributed by atoms with Crippen LogP contribution in [0.15, 0.2) is 47.4 Å². The van der Waals surface area contributed by atoms with E-state index in [1.807, 2.05) is 18.2 Å². The number of amidine groups is 1. The van der Waals surface area contributed by atoms with Gasteiger partial charge in [-0.05, 0) is 11.5 Å². The number of hydrogen-bond acceptors (Lipinski definition) is 3. The Bertz CT molecular complexity index is 736. The molecule has 5 nitrogen and oxygen atoms in total. The van der Waals surface area contributed by atoms with Gasteiger partial charge >= 0.3 is 0 Å². The van der Waals surface area contributed by atoms with E-state index in [0.29, 0.717) is 5.39 Å². The van der Waals surface area contributed by atoms with Crippen molar-refractivity contribution in [3.8, 4) is 0 Å². The number of nitrogens with two attached hydrogens (primary N) is 1. The van der Waals surface area contributed by atoms with Crippen LogP contribution in [0.1, 0.15) is 6.92 Å². The van der Waals surface area contributed by atoms with E-state index in [2.05, 4.69) is 4.72 Å². The smallest absolute Gasteiger partial charge is 0.241 e. The SMILES string of the molecule is CC(CNS(=O)(=O)c1cccc2ccccc12)C(=N)N. The number of nitrogens with one attached hydrogen (secondary N) is 2. The minimum absolute atomic E-state index is 0.0365. The number of benzene rings is 2. The highest BCUT2D eigenvalue weighted by Gasteiger charge is 2.18. The molecule has 0 amide bonds. The number of fused-ring (bicyclic) bond motifs is 1. The number of sulfonamides is 1. The zero-order valence-electron chi connectivity index (χ0n) is 11.1. The minimum atomic E-state index is -3.62. The Morgan fingerprint density at radius 2 is 1.90 bits per heavy atom. The molecule has 0 saturated heterocycles. The molecule has 0 saturated carbocycles. The molecular weight excluding hydrogens is 274 g/mol. The topological polar surface area (TPSA) is 96.0 Å². The molecule has 1 unspecified atom stereocenters. The van der Waals surface area contributed by atoms with Gasteiger partial charge in [-0.25, -0.2) is 13.1 Å². The van der Waals surface area contributed by atoms with Crippen LogP contribution in [-0.2, 0) is 10.0 Å². The highest BCUT2D eigenvalue weighted by Crippen LogP contribution is 2.22. The van der Waals surface area contributed by atoms with Crippen molar-refractivity contribution >= 4 is 26.6 Å². The van der Waals surface area contributed by atoms with E-state index in [0.717, 1.165) is 5.39 Å². The lowest BCUT2D eigenvalue weighted by molar-refractivity contribution is 0.575. The van der Waals surface area contributed by atoms with Crippen molar-refractivity contribution in [1.82, 2.24) is 4.72 Å². The molecule has 6 heteroatoms. The zero-order valence-corrected chi connectivity index (χ0v) is 11.9. The molecule has 0 bridgehead atoms. The van der Waals surface area contributed by atoms with E-state index < -0.39 is 10.0 Å². The second kappa shape index (κ2) is 5.60. The predicted octanol–water partition coefficient (Wildman–Crippen LogP) is 1.69. The van der Waals surface area contributed by atoms with E-state index >= 15 is 0 Å². The van der Waals surface area contributed by atoms with Gasteiger partial charge in [0, 0.05) is 17.8 Å². The molecule has 0 spiro atoms. The third-order valence-corrected chi connectivity index (χ3v) is 4.63. The van der Waals surface area contributed by atoms with Crippen LogP contribution >= 0.6 is 0 Å². The molecule has 0 radical (unpaired) electrons. The van der Waals surface area contributed by atoms with Crippen molar-refractivity contribution in [2.45, 2.75) is 11.8 Å². The monoisotopic (exact) mass is 291 g/mol. The van der Waals surface area contributed by atoms with Gasteiger partial charge in [0.25, 0.3) is 0 Å². The lowest BCUT2D eigenvalue weighted by atomic mass is 10.1. The lowest BCUT2D eigenvalue weighted by Gasteiger charge is -2.13. The third kappa shape index (κ3) is 2.97. The van der Waals surface area contributed by atoms with E-state index in [1.165, 1.54) is 0 Å². The number of rotatable bonds is 5. The van der Waals surface area contributed by atoms with Gasteiger partial charge in [0.15, 0.2) is 0 Å². The Hall–Kier alpha value is -1.92. The summed E-state index contributed by atoms with van der Waals surface area (Å²) in [4.78, 5) is 0.242. The summed E-state index contributed by atoms with van der Waals surface area (Å²) in [6, 6.07) is 12.5. The Balaban J connectivity index is 2.35. The normalized spacial score (nSPS) is 13.2. The summed E-state index contributed by atoms with van der Waals surface area (Å²) < 4.78 is 27.2. The van der Waals surface area contributed by atoms with Gasteiger partial charge in [-0.2, -0.15) is 0 Å². The molecule has 0 aliphatic carbocycles. The quantitative estimate of drug-likeness (QED) is 0.577. The first-order chi connectivity index (χ1) is 9.42. The first-order valence-electron chi connectivity index (χ1n) is 6.23. The predicted molar refractivity (Wildman–Crippen MR) is 80.2 cm³/mol. The highest BCUT2D eigenvalue weighted by atomic mass is 32.2. The zero-order chi connectivity index (χ0) is 14.8. The Kier molecular flexibility index (Phi) is 4.06. The van der Waals surface area contributed by atoms with E-state index in [1.54, 1.807) is 31.2 Å². The van der Waals surface area contributed by atoms with E-state index in [4.69, 9.17) is 11.1 Å². The molecule has 2 aromatic rings. The van der Waals surface area contributed by atoms with Crippen LogP contribution in [0.25, 0.3) is 10.8 Å². The lowest BCUT2D eigenvalue weighted by Crippen LogP contribution is -2.34. The maximum atomic E-state index is 12.4. The van der Waals surface area contributed by atoms with Crippen molar-refractivity contribution in [1.29, 1.82) is 5.41 Å². The molecule has 1 atom stereocenters. The molecule has 0 aliphatic heterocycles. The average Bonchev–Trinajstić information content (AvgIpc) is 2.44. The number of hydrogen-bond donors (Lipinski definition) is 3. The van der Waals surface area contributed by atoms with E-state index in [9.17, 15) is 8.42 Å². The van der Waals surface area contributed by atoms with Crippen molar-refractivity contribution in [2.24, 2.45) is 11.7 Å². The molecule has 0 aromatic heterocycles. The fourth-order valence-corrected chi connectivity index (χ4v) is 3.21. The minimum Gasteiger partial charge on any atom is -0.387 e. The molecule has 0 aliphatic rings. The van der Waals surface area contributed by atoms with Crippen molar-refractivity contribution < 1.29 is 8.42 Å². The second-order valence-electron chi connectivity index (χ2n) is 4.69. The van der Waals surface area contributed by atoms with Gasteiger partial charge in [-0.1, -0.05) is 43.3 Å². The van der Waals surface area contributed by atoms with Crippen LogP contribution < -0.4 is 10.5 Å². The third-order valence-electron chi connectivity index (χ3n) is 3.15. The molecule has 2 aromatic carbocycles.